The second-order valence-corrected chi connectivity index (χ2v) is 3.55. The van der Waals surface area contributed by atoms with Gasteiger partial charge < -0.3 is 10.6 Å². The molecule has 74 valence electrons. The van der Waals surface area contributed by atoms with Gasteiger partial charge in [0.1, 0.15) is 0 Å². The molecule has 1 rings (SSSR count). The van der Waals surface area contributed by atoms with Crippen LogP contribution in [0.4, 0.5) is 4.39 Å². The maximum atomic E-state index is 12.9. The molecule has 1 fully saturated rings. The molecule has 1 aliphatic rings. The van der Waals surface area contributed by atoms with E-state index in [9.17, 15) is 9.18 Å². The second-order valence-electron chi connectivity index (χ2n) is 3.55. The number of carbonyl (C=O) groups is 1. The van der Waals surface area contributed by atoms with Gasteiger partial charge in [-0.25, -0.2) is 4.39 Å². The summed E-state index contributed by atoms with van der Waals surface area (Å²) in [6.07, 6.45) is 0. The van der Waals surface area contributed by atoms with Gasteiger partial charge in [0, 0.05) is 25.6 Å². The summed E-state index contributed by atoms with van der Waals surface area (Å²) < 4.78 is 12.9. The van der Waals surface area contributed by atoms with Crippen LogP contribution >= 0.6 is 0 Å². The Labute approximate surface area is 77.4 Å². The molecule has 0 aromatic rings. The first-order valence-corrected chi connectivity index (χ1v) is 4.43. The summed E-state index contributed by atoms with van der Waals surface area (Å²) in [4.78, 5) is 11.1. The third-order valence-electron chi connectivity index (χ3n) is 2.06. The topological polar surface area (TPSA) is 41.1 Å². The molecule has 1 heterocycles. The predicted octanol–water partition coefficient (Wildman–Crippen LogP) is 0.585. The summed E-state index contributed by atoms with van der Waals surface area (Å²) in [7, 11) is 0. The number of hydrogen-bond donors (Lipinski definition) is 2. The fraction of sp³-hybridized carbons (Fsp3) is 0.667. The van der Waals surface area contributed by atoms with Crippen molar-refractivity contribution in [3.05, 3.63) is 11.4 Å². The molecule has 0 bridgehead atoms. The first-order valence-electron chi connectivity index (χ1n) is 4.43. The minimum atomic E-state index is -0.660. The average molecular weight is 186 g/mol. The molecule has 4 heteroatoms. The zero-order valence-corrected chi connectivity index (χ0v) is 7.98. The first-order chi connectivity index (χ1) is 6.11. The maximum Gasteiger partial charge on any atom is 0.279 e. The van der Waals surface area contributed by atoms with E-state index in [1.165, 1.54) is 0 Å². The number of hydrogen-bond acceptors (Lipinski definition) is 2. The van der Waals surface area contributed by atoms with E-state index in [-0.39, 0.29) is 0 Å². The Morgan fingerprint density at radius 1 is 1.54 bits per heavy atom. The molecule has 0 unspecified atom stereocenters. The van der Waals surface area contributed by atoms with Crippen molar-refractivity contribution in [2.75, 3.05) is 19.6 Å². The largest absolute Gasteiger partial charge is 0.350 e. The molecular formula is C9H15FN2O. The van der Waals surface area contributed by atoms with E-state index in [4.69, 9.17) is 0 Å². The van der Waals surface area contributed by atoms with Crippen LogP contribution in [0, 0.1) is 5.92 Å². The standard InChI is InChI=1S/C9H15FN2O/c1-6(2)8(10)9(13)12-5-7-3-11-4-7/h7,11H,3-5H2,1-2H3,(H,12,13). The number of halogens is 1. The van der Waals surface area contributed by atoms with Crippen molar-refractivity contribution in [1.82, 2.24) is 10.6 Å². The molecule has 0 radical (unpaired) electrons. The molecule has 0 aromatic heterocycles. The molecule has 1 amide bonds. The van der Waals surface area contributed by atoms with E-state index < -0.39 is 11.7 Å². The van der Waals surface area contributed by atoms with Crippen molar-refractivity contribution < 1.29 is 9.18 Å². The SMILES string of the molecule is CC(C)=C(F)C(=O)NCC1CNC1. The first kappa shape index (κ1) is 10.2. The Morgan fingerprint density at radius 3 is 2.54 bits per heavy atom. The van der Waals surface area contributed by atoms with Gasteiger partial charge in [0.2, 0.25) is 0 Å². The zero-order chi connectivity index (χ0) is 9.84. The van der Waals surface area contributed by atoms with Crippen molar-refractivity contribution in [2.45, 2.75) is 13.8 Å². The number of nitrogens with one attached hydrogen (secondary N) is 2. The molecular weight excluding hydrogens is 171 g/mol. The van der Waals surface area contributed by atoms with E-state index in [2.05, 4.69) is 10.6 Å². The van der Waals surface area contributed by atoms with Crippen molar-refractivity contribution in [3.63, 3.8) is 0 Å². The third kappa shape index (κ3) is 2.81. The van der Waals surface area contributed by atoms with Crippen LogP contribution in [0.25, 0.3) is 0 Å². The minimum absolute atomic E-state index is 0.421. The Kier molecular flexibility index (Phi) is 3.42. The molecule has 1 aliphatic heterocycles. The summed E-state index contributed by atoms with van der Waals surface area (Å²) in [5.74, 6) is -0.784. The highest BCUT2D eigenvalue weighted by molar-refractivity contribution is 5.91. The van der Waals surface area contributed by atoms with Gasteiger partial charge in [0.25, 0.3) is 5.91 Å². The zero-order valence-electron chi connectivity index (χ0n) is 7.98. The maximum absolute atomic E-state index is 12.9. The molecule has 0 atom stereocenters. The smallest absolute Gasteiger partial charge is 0.279 e. The van der Waals surface area contributed by atoms with Gasteiger partial charge in [0.15, 0.2) is 5.83 Å². The van der Waals surface area contributed by atoms with Gasteiger partial charge in [-0.05, 0) is 19.4 Å². The third-order valence-corrected chi connectivity index (χ3v) is 2.06. The van der Waals surface area contributed by atoms with E-state index in [0.29, 0.717) is 18.0 Å². The fourth-order valence-corrected chi connectivity index (χ4v) is 1.03. The van der Waals surface area contributed by atoms with Gasteiger partial charge in [-0.2, -0.15) is 0 Å². The van der Waals surface area contributed by atoms with Gasteiger partial charge in [0.05, 0.1) is 0 Å². The lowest BCUT2D eigenvalue weighted by molar-refractivity contribution is -0.119. The summed E-state index contributed by atoms with van der Waals surface area (Å²) >= 11 is 0. The second kappa shape index (κ2) is 4.37. The average Bonchev–Trinajstić information content (AvgIpc) is 1.99. The molecule has 0 aromatic carbocycles. The van der Waals surface area contributed by atoms with Crippen LogP contribution in [0.15, 0.2) is 11.4 Å². The molecule has 0 spiro atoms. The predicted molar refractivity (Wildman–Crippen MR) is 48.9 cm³/mol. The van der Waals surface area contributed by atoms with Gasteiger partial charge >= 0.3 is 0 Å². The van der Waals surface area contributed by atoms with Crippen molar-refractivity contribution in [3.8, 4) is 0 Å². The highest BCUT2D eigenvalue weighted by Crippen LogP contribution is 2.05. The van der Waals surface area contributed by atoms with E-state index in [1.807, 2.05) is 0 Å². The van der Waals surface area contributed by atoms with Gasteiger partial charge in [-0.3, -0.25) is 4.79 Å². The van der Waals surface area contributed by atoms with Gasteiger partial charge in [-0.1, -0.05) is 0 Å². The molecule has 3 nitrogen and oxygen atoms in total. The Balaban J connectivity index is 2.28. The molecule has 0 aliphatic carbocycles. The van der Waals surface area contributed by atoms with E-state index >= 15 is 0 Å². The number of amides is 1. The summed E-state index contributed by atoms with van der Waals surface area (Å²) in [6, 6.07) is 0. The normalized spacial score (nSPS) is 16.2. The fourth-order valence-electron chi connectivity index (χ4n) is 1.03. The number of carbonyl (C=O) groups excluding carboxylic acids is 1. The Bertz CT molecular complexity index is 230. The minimum Gasteiger partial charge on any atom is -0.350 e. The van der Waals surface area contributed by atoms with Crippen LogP contribution < -0.4 is 10.6 Å². The van der Waals surface area contributed by atoms with Crippen molar-refractivity contribution >= 4 is 5.91 Å². The van der Waals surface area contributed by atoms with Crippen LogP contribution in [0.5, 0.6) is 0 Å². The molecule has 1 saturated heterocycles. The number of rotatable bonds is 3. The lowest BCUT2D eigenvalue weighted by Gasteiger charge is -2.26. The summed E-state index contributed by atoms with van der Waals surface area (Å²) in [5, 5.41) is 5.63. The summed E-state index contributed by atoms with van der Waals surface area (Å²) in [5.41, 5.74) is 0.421. The quantitative estimate of drug-likeness (QED) is 0.633. The Morgan fingerprint density at radius 2 is 2.15 bits per heavy atom. The molecule has 0 saturated carbocycles. The monoisotopic (exact) mass is 186 g/mol. The van der Waals surface area contributed by atoms with Crippen LogP contribution in [0.3, 0.4) is 0 Å². The Hall–Kier alpha value is -0.900. The van der Waals surface area contributed by atoms with Crippen molar-refractivity contribution in [2.24, 2.45) is 5.92 Å². The van der Waals surface area contributed by atoms with Crippen LogP contribution in [-0.4, -0.2) is 25.5 Å². The van der Waals surface area contributed by atoms with Crippen LogP contribution in [0.2, 0.25) is 0 Å². The summed E-state index contributed by atoms with van der Waals surface area (Å²) in [6.45, 7) is 5.56. The van der Waals surface area contributed by atoms with Gasteiger partial charge in [-0.15, -0.1) is 0 Å². The van der Waals surface area contributed by atoms with Crippen LogP contribution in [0.1, 0.15) is 13.8 Å². The molecule has 13 heavy (non-hydrogen) atoms. The molecule has 2 N–H and O–H groups in total. The highest BCUT2D eigenvalue weighted by atomic mass is 19.1. The lowest BCUT2D eigenvalue weighted by Crippen LogP contribution is -2.48. The van der Waals surface area contributed by atoms with E-state index in [1.54, 1.807) is 13.8 Å². The van der Waals surface area contributed by atoms with Crippen LogP contribution in [-0.2, 0) is 4.79 Å². The highest BCUT2D eigenvalue weighted by Gasteiger charge is 2.18. The van der Waals surface area contributed by atoms with Crippen molar-refractivity contribution in [1.29, 1.82) is 0 Å². The lowest BCUT2D eigenvalue weighted by atomic mass is 10.0. The number of allylic oxidation sites excluding steroid dienone is 1. The van der Waals surface area contributed by atoms with E-state index in [0.717, 1.165) is 13.1 Å².